The first-order chi connectivity index (χ1) is 20.5. The average Bonchev–Trinajstić information content (AvgIpc) is 3.42. The first kappa shape index (κ1) is 32.3. The Labute approximate surface area is 267 Å². The fourth-order valence-electron chi connectivity index (χ4n) is 3.71. The number of hydrogen-bond donors (Lipinski definition) is 2. The van der Waals surface area contributed by atoms with Gasteiger partial charge in [0.15, 0.2) is 0 Å². The van der Waals surface area contributed by atoms with Crippen LogP contribution in [-0.4, -0.2) is 37.9 Å². The molecule has 2 N–H and O–H groups in total. The number of rotatable bonds is 10. The lowest BCUT2D eigenvalue weighted by Gasteiger charge is -2.22. The van der Waals surface area contributed by atoms with Crippen molar-refractivity contribution in [3.8, 4) is 5.75 Å². The summed E-state index contributed by atoms with van der Waals surface area (Å²) in [6, 6.07) is 18.2. The third kappa shape index (κ3) is 8.50. The summed E-state index contributed by atoms with van der Waals surface area (Å²) >= 11 is 24.1. The van der Waals surface area contributed by atoms with Crippen molar-refractivity contribution >= 4 is 80.1 Å². The maximum absolute atomic E-state index is 13.6. The minimum absolute atomic E-state index is 0.0293. The third-order valence-electron chi connectivity index (χ3n) is 5.78. The monoisotopic (exact) mass is 682 g/mol. The van der Waals surface area contributed by atoms with Crippen LogP contribution in [0.25, 0.3) is 0 Å². The second-order valence-electron chi connectivity index (χ2n) is 8.78. The van der Waals surface area contributed by atoms with Gasteiger partial charge in [0.05, 0.1) is 40.5 Å². The predicted molar refractivity (Wildman–Crippen MR) is 165 cm³/mol. The number of sulfonamides is 1. The van der Waals surface area contributed by atoms with Gasteiger partial charge in [0.1, 0.15) is 17.3 Å². The number of furan rings is 1. The number of hydrazone groups is 1. The minimum atomic E-state index is -4.01. The number of nitrogens with one attached hydrogen (secondary N) is 2. The predicted octanol–water partition coefficient (Wildman–Crippen LogP) is 6.38. The van der Waals surface area contributed by atoms with Gasteiger partial charge in [-0.05, 0) is 72.3 Å². The maximum Gasteiger partial charge on any atom is 0.329 e. The van der Waals surface area contributed by atoms with Crippen LogP contribution in [0, 0.1) is 0 Å². The van der Waals surface area contributed by atoms with Crippen LogP contribution in [0.4, 0.5) is 5.69 Å². The second kappa shape index (κ2) is 14.3. The highest BCUT2D eigenvalue weighted by molar-refractivity contribution is 7.89. The van der Waals surface area contributed by atoms with Gasteiger partial charge in [-0.25, -0.2) is 13.8 Å². The molecule has 0 aliphatic heterocycles. The van der Waals surface area contributed by atoms with Crippen LogP contribution < -0.4 is 15.5 Å². The van der Waals surface area contributed by atoms with Gasteiger partial charge < -0.3 is 14.5 Å². The molecular weight excluding hydrogens is 662 g/mol. The molecule has 1 aromatic heterocycles. The van der Waals surface area contributed by atoms with E-state index in [1.807, 2.05) is 0 Å². The molecule has 10 nitrogen and oxygen atoms in total. The summed E-state index contributed by atoms with van der Waals surface area (Å²) in [5, 5.41) is 7.46. The molecule has 0 aliphatic rings. The number of carbonyl (C=O) groups is 2. The third-order valence-corrected chi connectivity index (χ3v) is 8.81. The van der Waals surface area contributed by atoms with Gasteiger partial charge >= 0.3 is 11.8 Å². The molecule has 3 aromatic carbocycles. The second-order valence-corrected chi connectivity index (χ2v) is 12.4. The van der Waals surface area contributed by atoms with Gasteiger partial charge in [0.25, 0.3) is 0 Å². The van der Waals surface area contributed by atoms with E-state index in [9.17, 15) is 18.0 Å². The van der Waals surface area contributed by atoms with Crippen LogP contribution in [0.2, 0.25) is 20.1 Å². The molecule has 0 fully saturated rings. The van der Waals surface area contributed by atoms with Crippen LogP contribution in [0.3, 0.4) is 0 Å². The number of benzene rings is 3. The van der Waals surface area contributed by atoms with Crippen LogP contribution in [0.15, 0.2) is 87.2 Å². The van der Waals surface area contributed by atoms with Crippen molar-refractivity contribution in [2.75, 3.05) is 12.4 Å². The molecule has 0 radical (unpaired) electrons. The molecule has 2 amide bonds. The lowest BCUT2D eigenvalue weighted by atomic mass is 10.2. The highest BCUT2D eigenvalue weighted by Crippen LogP contribution is 2.28. The van der Waals surface area contributed by atoms with E-state index in [1.54, 1.807) is 30.3 Å². The molecule has 0 saturated carbocycles. The molecule has 0 unspecified atom stereocenters. The number of ether oxygens (including phenoxy) is 1. The number of carbonyl (C=O) groups excluding carboxylic acids is 2. The average molecular weight is 684 g/mol. The largest absolute Gasteiger partial charge is 0.495 e. The molecule has 15 heteroatoms. The lowest BCUT2D eigenvalue weighted by Crippen LogP contribution is -2.32. The zero-order valence-corrected chi connectivity index (χ0v) is 26.0. The normalized spacial score (nSPS) is 11.6. The Balaban J connectivity index is 1.46. The molecule has 0 spiro atoms. The molecular formula is C28H22Cl4N4O6S. The van der Waals surface area contributed by atoms with Crippen molar-refractivity contribution in [1.82, 2.24) is 9.73 Å². The SMILES string of the molecule is COc1ccc(Cl)cc1NC(=O)C(=O)N/N=C/c1ccc(CN(Cc2ccc(Cl)c(Cl)c2)S(=O)(=O)c2ccc(Cl)cc2)o1. The minimum Gasteiger partial charge on any atom is -0.495 e. The molecule has 0 saturated heterocycles. The Morgan fingerprint density at radius 2 is 1.60 bits per heavy atom. The van der Waals surface area contributed by atoms with Crippen molar-refractivity contribution < 1.29 is 27.2 Å². The van der Waals surface area contributed by atoms with Crippen LogP contribution in [0.1, 0.15) is 17.1 Å². The van der Waals surface area contributed by atoms with E-state index in [0.717, 1.165) is 6.21 Å². The van der Waals surface area contributed by atoms with E-state index in [-0.39, 0.29) is 40.2 Å². The molecule has 4 aromatic rings. The van der Waals surface area contributed by atoms with Crippen molar-refractivity contribution in [1.29, 1.82) is 0 Å². The molecule has 0 atom stereocenters. The fourth-order valence-corrected chi connectivity index (χ4v) is 5.72. The topological polar surface area (TPSA) is 130 Å². The zero-order valence-electron chi connectivity index (χ0n) is 22.2. The van der Waals surface area contributed by atoms with E-state index in [0.29, 0.717) is 26.4 Å². The summed E-state index contributed by atoms with van der Waals surface area (Å²) in [6.45, 7) is -0.205. The summed E-state index contributed by atoms with van der Waals surface area (Å²) in [6.07, 6.45) is 1.16. The van der Waals surface area contributed by atoms with E-state index < -0.39 is 21.8 Å². The Hall–Kier alpha value is -3.58. The van der Waals surface area contributed by atoms with Crippen LogP contribution >= 0.6 is 46.4 Å². The zero-order chi connectivity index (χ0) is 31.1. The fraction of sp³-hybridized carbons (Fsp3) is 0.107. The standard InChI is InChI=1S/C28H22Cl4N4O6S/c1-41-26-11-5-19(30)13-25(26)34-27(37)28(38)35-33-14-20-6-7-21(42-20)16-36(15-17-2-10-23(31)24(32)12-17)43(39,40)22-8-3-18(29)4-9-22/h2-14H,15-16H2,1H3,(H,34,37)(H,35,38)/b33-14+. The Morgan fingerprint density at radius 1 is 0.884 bits per heavy atom. The van der Waals surface area contributed by atoms with E-state index in [1.165, 1.54) is 53.9 Å². The van der Waals surface area contributed by atoms with Crippen molar-refractivity contribution in [2.45, 2.75) is 18.0 Å². The highest BCUT2D eigenvalue weighted by Gasteiger charge is 2.26. The van der Waals surface area contributed by atoms with Crippen molar-refractivity contribution in [3.63, 3.8) is 0 Å². The molecule has 4 rings (SSSR count). The summed E-state index contributed by atoms with van der Waals surface area (Å²) in [5.74, 6) is -1.31. The number of nitrogens with zero attached hydrogens (tertiary/aromatic N) is 2. The summed E-state index contributed by atoms with van der Waals surface area (Å²) < 4.78 is 39.2. The van der Waals surface area contributed by atoms with Gasteiger partial charge in [-0.3, -0.25) is 9.59 Å². The van der Waals surface area contributed by atoms with Gasteiger partial charge in [-0.2, -0.15) is 9.41 Å². The molecule has 43 heavy (non-hydrogen) atoms. The Bertz CT molecular complexity index is 1780. The first-order valence-electron chi connectivity index (χ1n) is 12.2. The van der Waals surface area contributed by atoms with E-state index >= 15 is 0 Å². The number of halogens is 4. The highest BCUT2D eigenvalue weighted by atomic mass is 35.5. The Kier molecular flexibility index (Phi) is 10.7. The van der Waals surface area contributed by atoms with E-state index in [2.05, 4.69) is 15.8 Å². The first-order valence-corrected chi connectivity index (χ1v) is 15.2. The van der Waals surface area contributed by atoms with Gasteiger partial charge in [-0.15, -0.1) is 0 Å². The van der Waals surface area contributed by atoms with Crippen molar-refractivity contribution in [3.05, 3.63) is 110 Å². The molecule has 0 bridgehead atoms. The number of methoxy groups -OCH3 is 1. The molecule has 1 heterocycles. The number of amides is 2. The smallest absolute Gasteiger partial charge is 0.329 e. The molecule has 224 valence electrons. The quantitative estimate of drug-likeness (QED) is 0.113. The van der Waals surface area contributed by atoms with Crippen LogP contribution in [0.5, 0.6) is 5.75 Å². The lowest BCUT2D eigenvalue weighted by molar-refractivity contribution is -0.136. The Morgan fingerprint density at radius 3 is 2.30 bits per heavy atom. The van der Waals surface area contributed by atoms with Gasteiger partial charge in [0.2, 0.25) is 10.0 Å². The number of anilines is 1. The van der Waals surface area contributed by atoms with E-state index in [4.69, 9.17) is 55.6 Å². The maximum atomic E-state index is 13.6. The summed E-state index contributed by atoms with van der Waals surface area (Å²) in [5.41, 5.74) is 2.89. The van der Waals surface area contributed by atoms with Crippen LogP contribution in [-0.2, 0) is 32.7 Å². The number of hydrogen-bond acceptors (Lipinski definition) is 7. The summed E-state index contributed by atoms with van der Waals surface area (Å²) in [4.78, 5) is 24.5. The van der Waals surface area contributed by atoms with Gasteiger partial charge in [-0.1, -0.05) is 52.5 Å². The van der Waals surface area contributed by atoms with Gasteiger partial charge in [0, 0.05) is 16.6 Å². The summed E-state index contributed by atoms with van der Waals surface area (Å²) in [7, 11) is -2.61. The van der Waals surface area contributed by atoms with Crippen molar-refractivity contribution in [2.24, 2.45) is 5.10 Å². The molecule has 0 aliphatic carbocycles.